The lowest BCUT2D eigenvalue weighted by atomic mass is 9.46. The molecule has 7 nitrogen and oxygen atoms in total. The van der Waals surface area contributed by atoms with Gasteiger partial charge in [0.25, 0.3) is 0 Å². The lowest BCUT2D eigenvalue weighted by molar-refractivity contribution is -0.154. The van der Waals surface area contributed by atoms with Crippen LogP contribution in [-0.2, 0) is 33.4 Å². The number of ketones is 2. The van der Waals surface area contributed by atoms with Crippen molar-refractivity contribution in [2.45, 2.75) is 90.6 Å². The van der Waals surface area contributed by atoms with Gasteiger partial charge in [-0.3, -0.25) is 19.2 Å². The van der Waals surface area contributed by atoms with Gasteiger partial charge in [0.05, 0.1) is 11.5 Å². The number of carbonyl (C=O) groups excluding carboxylic acids is 4. The fourth-order valence-corrected chi connectivity index (χ4v) is 10.4. The highest BCUT2D eigenvalue weighted by Gasteiger charge is 2.79. The second kappa shape index (κ2) is 7.02. The highest BCUT2D eigenvalue weighted by Crippen LogP contribution is 2.77. The molecule has 4 bridgehead atoms. The van der Waals surface area contributed by atoms with Crippen molar-refractivity contribution in [3.05, 3.63) is 23.8 Å². The molecule has 12 atom stereocenters. The minimum Gasteiger partial charge on any atom is -0.462 e. The van der Waals surface area contributed by atoms with Gasteiger partial charge in [-0.15, -0.1) is 0 Å². The summed E-state index contributed by atoms with van der Waals surface area (Å²) in [5, 5.41) is 0. The molecule has 4 aliphatic carbocycles. The number of hydrogen-bond donors (Lipinski definition) is 0. The molecule has 3 aliphatic heterocycles. The zero-order chi connectivity index (χ0) is 26.3. The second-order valence-electron chi connectivity index (χ2n) is 13.4. The van der Waals surface area contributed by atoms with E-state index in [2.05, 4.69) is 19.9 Å². The van der Waals surface area contributed by atoms with Crippen LogP contribution in [0.3, 0.4) is 0 Å². The molecule has 198 valence electrons. The van der Waals surface area contributed by atoms with E-state index in [1.807, 2.05) is 13.0 Å². The Bertz CT molecular complexity index is 1220. The van der Waals surface area contributed by atoms with Gasteiger partial charge in [0.2, 0.25) is 0 Å². The Kier molecular flexibility index (Phi) is 4.52. The Morgan fingerprint density at radius 3 is 2.32 bits per heavy atom. The first kappa shape index (κ1) is 23.8. The molecule has 3 unspecified atom stereocenters. The normalized spacial score (nSPS) is 54.7. The highest BCUT2D eigenvalue weighted by atomic mass is 16.6. The molecule has 0 aromatic carbocycles. The van der Waals surface area contributed by atoms with Crippen molar-refractivity contribution >= 4 is 23.5 Å². The zero-order valence-electron chi connectivity index (χ0n) is 22.2. The van der Waals surface area contributed by atoms with Crippen molar-refractivity contribution in [1.82, 2.24) is 0 Å². The van der Waals surface area contributed by atoms with Crippen molar-refractivity contribution in [1.29, 1.82) is 0 Å². The van der Waals surface area contributed by atoms with Crippen LogP contribution in [0.4, 0.5) is 0 Å². The van der Waals surface area contributed by atoms with Gasteiger partial charge in [-0.1, -0.05) is 19.9 Å². The number of epoxide rings is 1. The van der Waals surface area contributed by atoms with Crippen LogP contribution in [0, 0.1) is 45.8 Å². The molecule has 3 saturated heterocycles. The first-order valence-electron chi connectivity index (χ1n) is 14.0. The average molecular weight is 509 g/mol. The third kappa shape index (κ3) is 2.53. The Morgan fingerprint density at radius 2 is 1.62 bits per heavy atom. The van der Waals surface area contributed by atoms with E-state index in [0.717, 1.165) is 12.8 Å². The van der Waals surface area contributed by atoms with Crippen LogP contribution in [0.5, 0.6) is 0 Å². The lowest BCUT2D eigenvalue weighted by Crippen LogP contribution is -2.56. The van der Waals surface area contributed by atoms with E-state index < -0.39 is 21.8 Å². The molecule has 6 fully saturated rings. The maximum atomic E-state index is 13.9. The molecule has 0 amide bonds. The van der Waals surface area contributed by atoms with Crippen LogP contribution >= 0.6 is 0 Å². The minimum atomic E-state index is -1.02. The van der Waals surface area contributed by atoms with Crippen LogP contribution in [0.1, 0.15) is 66.7 Å². The summed E-state index contributed by atoms with van der Waals surface area (Å²) >= 11 is 0. The topological polar surface area (TPSA) is 99.3 Å². The molecular weight excluding hydrogens is 472 g/mol. The molecular formula is C30H36O7. The molecule has 0 radical (unpaired) electrons. The average Bonchev–Trinajstić information content (AvgIpc) is 3.39. The number of Topliss-reactive ketones (excluding diaryl/α,β-unsaturated/α-hetero) is 1. The van der Waals surface area contributed by atoms with Gasteiger partial charge in [-0.05, 0) is 82.8 Å². The number of carbonyl (C=O) groups is 4. The van der Waals surface area contributed by atoms with E-state index in [-0.39, 0.29) is 71.4 Å². The second-order valence-corrected chi connectivity index (χ2v) is 13.4. The van der Waals surface area contributed by atoms with Crippen LogP contribution in [-0.4, -0.2) is 47.4 Å². The fourth-order valence-electron chi connectivity index (χ4n) is 10.4. The van der Waals surface area contributed by atoms with E-state index in [9.17, 15) is 19.2 Å². The highest BCUT2D eigenvalue weighted by molar-refractivity contribution is 6.03. The van der Waals surface area contributed by atoms with Gasteiger partial charge < -0.3 is 14.2 Å². The molecule has 7 heteroatoms. The van der Waals surface area contributed by atoms with Crippen LogP contribution in [0.15, 0.2) is 23.8 Å². The Labute approximate surface area is 217 Å². The SMILES string of the molecule is CC(=O)/C=C/[C@@]12O[C@@H]1C[C@H]1[C@@H](C[C@@H]2C)OC(=O)[C@@]12C[C@@H]1C[C@@H]3C4CC(C)C1(C=C2C(C)=O)[C@]3(C)C(=O)O4. The molecule has 0 N–H and O–H groups in total. The lowest BCUT2D eigenvalue weighted by Gasteiger charge is -2.54. The first-order chi connectivity index (χ1) is 17.4. The summed E-state index contributed by atoms with van der Waals surface area (Å²) < 4.78 is 18.3. The first-order valence-corrected chi connectivity index (χ1v) is 14.0. The molecule has 3 saturated carbocycles. The third-order valence-electron chi connectivity index (χ3n) is 12.1. The van der Waals surface area contributed by atoms with Crippen molar-refractivity contribution in [3.8, 4) is 0 Å². The number of esters is 2. The van der Waals surface area contributed by atoms with Crippen molar-refractivity contribution in [3.63, 3.8) is 0 Å². The Hall–Kier alpha value is -2.28. The monoisotopic (exact) mass is 508 g/mol. The summed E-state index contributed by atoms with van der Waals surface area (Å²) in [6, 6.07) is 0. The molecule has 3 heterocycles. The van der Waals surface area contributed by atoms with Gasteiger partial charge in [-0.25, -0.2) is 0 Å². The molecule has 2 spiro atoms. The maximum absolute atomic E-state index is 13.9. The van der Waals surface area contributed by atoms with Crippen LogP contribution in [0.2, 0.25) is 0 Å². The largest absolute Gasteiger partial charge is 0.462 e. The number of ether oxygens (including phenoxy) is 3. The summed E-state index contributed by atoms with van der Waals surface area (Å²) in [4.78, 5) is 52.3. The van der Waals surface area contributed by atoms with Gasteiger partial charge in [0.1, 0.15) is 23.2 Å². The predicted octanol–water partition coefficient (Wildman–Crippen LogP) is 3.74. The van der Waals surface area contributed by atoms with E-state index in [0.29, 0.717) is 24.8 Å². The summed E-state index contributed by atoms with van der Waals surface area (Å²) in [5.74, 6) is -0.294. The summed E-state index contributed by atoms with van der Waals surface area (Å²) in [5.41, 5.74) is -2.17. The summed E-state index contributed by atoms with van der Waals surface area (Å²) in [7, 11) is 0. The molecule has 7 rings (SSSR count). The Morgan fingerprint density at radius 1 is 0.946 bits per heavy atom. The van der Waals surface area contributed by atoms with Crippen molar-refractivity contribution in [2.75, 3.05) is 0 Å². The van der Waals surface area contributed by atoms with Gasteiger partial charge in [0.15, 0.2) is 11.6 Å². The number of rotatable bonds is 3. The quantitative estimate of drug-likeness (QED) is 0.325. The maximum Gasteiger partial charge on any atom is 0.317 e. The van der Waals surface area contributed by atoms with E-state index in [1.165, 1.54) is 6.92 Å². The smallest absolute Gasteiger partial charge is 0.317 e. The minimum absolute atomic E-state index is 0.0228. The van der Waals surface area contributed by atoms with Gasteiger partial charge in [-0.2, -0.15) is 0 Å². The van der Waals surface area contributed by atoms with Crippen molar-refractivity contribution < 1.29 is 33.4 Å². The van der Waals surface area contributed by atoms with E-state index >= 15 is 0 Å². The number of allylic oxidation sites excluding steroid dienone is 2. The molecule has 0 aromatic rings. The molecule has 0 aromatic heterocycles. The molecule has 37 heavy (non-hydrogen) atoms. The number of fused-ring (bicyclic) bond motifs is 3. The van der Waals surface area contributed by atoms with Gasteiger partial charge in [0, 0.05) is 22.8 Å². The van der Waals surface area contributed by atoms with Crippen LogP contribution < -0.4 is 0 Å². The predicted molar refractivity (Wildman–Crippen MR) is 131 cm³/mol. The third-order valence-corrected chi connectivity index (χ3v) is 12.1. The number of hydrogen-bond acceptors (Lipinski definition) is 7. The summed E-state index contributed by atoms with van der Waals surface area (Å²) in [6.45, 7) is 9.40. The standard InChI is InChI=1S/C30H36O7/c1-14-8-22-19-10-18-12-28(21(17(4)32)13-29(14,18)27(19,5)25(33)35-22)20-11-24-30(37-24,7-6-16(3)31)15(2)9-23(20)36-26(28)34/h6-7,13-15,18-20,22-24H,8-12H2,1-5H3/b7-6+/t14?,15-,18-,19+,20-,22?,23+,24+,27-,28-,29?,30-/m0/s1. The van der Waals surface area contributed by atoms with Gasteiger partial charge >= 0.3 is 11.9 Å². The Balaban J connectivity index is 1.35. The summed E-state index contributed by atoms with van der Waals surface area (Å²) in [6.07, 6.45) is 8.45. The van der Waals surface area contributed by atoms with E-state index in [4.69, 9.17) is 14.2 Å². The van der Waals surface area contributed by atoms with Crippen LogP contribution in [0.25, 0.3) is 0 Å². The fraction of sp³-hybridized carbons (Fsp3) is 0.733. The van der Waals surface area contributed by atoms with E-state index in [1.54, 1.807) is 13.0 Å². The molecule has 7 aliphatic rings. The van der Waals surface area contributed by atoms with Crippen molar-refractivity contribution in [2.24, 2.45) is 45.8 Å². The zero-order valence-corrected chi connectivity index (χ0v) is 22.2.